The molecule has 0 aliphatic heterocycles. The number of hydrogen-bond donors (Lipinski definition) is 0. The predicted octanol–water partition coefficient (Wildman–Crippen LogP) is 6.53. The summed E-state index contributed by atoms with van der Waals surface area (Å²) in [6.07, 6.45) is 1.83. The average Bonchev–Trinajstić information content (AvgIpc) is 2.63. The summed E-state index contributed by atoms with van der Waals surface area (Å²) in [5.41, 5.74) is 4.76. The van der Waals surface area contributed by atoms with Gasteiger partial charge in [0.05, 0.1) is 10.2 Å². The normalized spacial score (nSPS) is 11.1. The molecule has 132 valence electrons. The summed E-state index contributed by atoms with van der Waals surface area (Å²) in [6, 6.07) is 18.5. The van der Waals surface area contributed by atoms with Crippen molar-refractivity contribution in [2.24, 2.45) is 4.99 Å². The Hall–Kier alpha value is -2.46. The molecule has 3 rings (SSSR count). The van der Waals surface area contributed by atoms with Gasteiger partial charge in [0.1, 0.15) is 18.2 Å². The quantitative estimate of drug-likeness (QED) is 0.437. The first-order valence-corrected chi connectivity index (χ1v) is 9.09. The Morgan fingerprint density at radius 3 is 2.62 bits per heavy atom. The van der Waals surface area contributed by atoms with Gasteiger partial charge in [0.15, 0.2) is 0 Å². The first-order valence-electron chi connectivity index (χ1n) is 8.30. The zero-order valence-corrected chi connectivity index (χ0v) is 16.3. The van der Waals surface area contributed by atoms with Crippen molar-refractivity contribution in [2.75, 3.05) is 0 Å². The van der Waals surface area contributed by atoms with E-state index in [-0.39, 0.29) is 12.4 Å². The van der Waals surface area contributed by atoms with Gasteiger partial charge in [0, 0.05) is 11.8 Å². The number of aryl methyl sites for hydroxylation is 2. The van der Waals surface area contributed by atoms with Gasteiger partial charge < -0.3 is 4.74 Å². The van der Waals surface area contributed by atoms with E-state index >= 15 is 0 Å². The molecule has 0 heterocycles. The minimum absolute atomic E-state index is 0.182. The van der Waals surface area contributed by atoms with E-state index in [1.165, 1.54) is 11.6 Å². The van der Waals surface area contributed by atoms with E-state index in [0.29, 0.717) is 11.3 Å². The standard InChI is InChI=1S/C22H19BrFNO/c1-15-7-8-16(2)21(11-15)25-13-17-9-10-22(19(23)12-17)26-14-18-5-3-4-6-20(18)24/h3-13H,14H2,1-2H3. The van der Waals surface area contributed by atoms with Crippen molar-refractivity contribution in [3.05, 3.63) is 93.2 Å². The highest BCUT2D eigenvalue weighted by Crippen LogP contribution is 2.27. The topological polar surface area (TPSA) is 21.6 Å². The number of rotatable bonds is 5. The van der Waals surface area contributed by atoms with Crippen molar-refractivity contribution in [3.63, 3.8) is 0 Å². The largest absolute Gasteiger partial charge is 0.488 e. The summed E-state index contributed by atoms with van der Waals surface area (Å²) < 4.78 is 20.2. The summed E-state index contributed by atoms with van der Waals surface area (Å²) >= 11 is 3.51. The van der Waals surface area contributed by atoms with Crippen LogP contribution in [0.5, 0.6) is 5.75 Å². The monoisotopic (exact) mass is 411 g/mol. The molecule has 4 heteroatoms. The fourth-order valence-electron chi connectivity index (χ4n) is 2.49. The van der Waals surface area contributed by atoms with Crippen molar-refractivity contribution in [3.8, 4) is 5.75 Å². The zero-order chi connectivity index (χ0) is 18.5. The third-order valence-electron chi connectivity index (χ3n) is 4.01. The maximum absolute atomic E-state index is 13.7. The minimum atomic E-state index is -0.263. The molecule has 0 unspecified atom stereocenters. The summed E-state index contributed by atoms with van der Waals surface area (Å²) in [5.74, 6) is 0.401. The Balaban J connectivity index is 1.72. The molecule has 0 fully saturated rings. The molecule has 0 radical (unpaired) electrons. The van der Waals surface area contributed by atoms with Crippen LogP contribution in [-0.4, -0.2) is 6.21 Å². The van der Waals surface area contributed by atoms with Crippen LogP contribution in [0, 0.1) is 19.7 Å². The average molecular weight is 412 g/mol. The van der Waals surface area contributed by atoms with Gasteiger partial charge >= 0.3 is 0 Å². The van der Waals surface area contributed by atoms with Crippen molar-refractivity contribution in [2.45, 2.75) is 20.5 Å². The van der Waals surface area contributed by atoms with Gasteiger partial charge in [-0.05, 0) is 76.8 Å². The lowest BCUT2D eigenvalue weighted by molar-refractivity contribution is 0.298. The molecular formula is C22H19BrFNO. The Labute approximate surface area is 161 Å². The fraction of sp³-hybridized carbons (Fsp3) is 0.136. The molecule has 0 amide bonds. The Kier molecular flexibility index (Phi) is 5.84. The third-order valence-corrected chi connectivity index (χ3v) is 4.63. The molecule has 0 N–H and O–H groups in total. The highest BCUT2D eigenvalue weighted by atomic mass is 79.9. The number of ether oxygens (including phenoxy) is 1. The summed E-state index contributed by atoms with van der Waals surface area (Å²) in [6.45, 7) is 4.28. The van der Waals surface area contributed by atoms with E-state index in [9.17, 15) is 4.39 Å². The first kappa shape index (κ1) is 18.3. The van der Waals surface area contributed by atoms with E-state index in [4.69, 9.17) is 4.74 Å². The van der Waals surface area contributed by atoms with Crippen LogP contribution in [0.25, 0.3) is 0 Å². The second kappa shape index (κ2) is 8.28. The van der Waals surface area contributed by atoms with Crippen LogP contribution in [0.3, 0.4) is 0 Å². The van der Waals surface area contributed by atoms with Gasteiger partial charge in [-0.2, -0.15) is 0 Å². The van der Waals surface area contributed by atoms with Crippen LogP contribution in [0.15, 0.2) is 70.1 Å². The maximum atomic E-state index is 13.7. The number of nitrogens with zero attached hydrogens (tertiary/aromatic N) is 1. The molecule has 0 atom stereocenters. The van der Waals surface area contributed by atoms with E-state index in [1.807, 2.05) is 31.3 Å². The number of aliphatic imine (C=N–C) groups is 1. The lowest BCUT2D eigenvalue weighted by Gasteiger charge is -2.09. The molecule has 0 spiro atoms. The molecule has 0 bridgehead atoms. The molecular weight excluding hydrogens is 393 g/mol. The van der Waals surface area contributed by atoms with Gasteiger partial charge in [0.2, 0.25) is 0 Å². The minimum Gasteiger partial charge on any atom is -0.488 e. The second-order valence-corrected chi connectivity index (χ2v) is 6.97. The molecule has 3 aromatic rings. The lowest BCUT2D eigenvalue weighted by atomic mass is 10.1. The van der Waals surface area contributed by atoms with Crippen LogP contribution in [0.1, 0.15) is 22.3 Å². The second-order valence-electron chi connectivity index (χ2n) is 6.12. The SMILES string of the molecule is Cc1ccc(C)c(N=Cc2ccc(OCc3ccccc3F)c(Br)c2)c1. The van der Waals surface area contributed by atoms with Gasteiger partial charge in [-0.1, -0.05) is 30.3 Å². The van der Waals surface area contributed by atoms with Gasteiger partial charge in [-0.3, -0.25) is 4.99 Å². The fourth-order valence-corrected chi connectivity index (χ4v) is 3.00. The zero-order valence-electron chi connectivity index (χ0n) is 14.7. The first-order chi connectivity index (χ1) is 12.5. The van der Waals surface area contributed by atoms with E-state index < -0.39 is 0 Å². The van der Waals surface area contributed by atoms with Gasteiger partial charge in [0.25, 0.3) is 0 Å². The molecule has 0 aliphatic rings. The summed E-state index contributed by atoms with van der Waals surface area (Å²) in [7, 11) is 0. The third kappa shape index (κ3) is 4.58. The van der Waals surface area contributed by atoms with Crippen LogP contribution >= 0.6 is 15.9 Å². The highest BCUT2D eigenvalue weighted by molar-refractivity contribution is 9.10. The molecule has 0 aromatic heterocycles. The van der Waals surface area contributed by atoms with Crippen LogP contribution in [0.4, 0.5) is 10.1 Å². The summed E-state index contributed by atoms with van der Waals surface area (Å²) in [4.78, 5) is 4.58. The number of benzene rings is 3. The smallest absolute Gasteiger partial charge is 0.134 e. The Bertz CT molecular complexity index is 953. The number of hydrogen-bond acceptors (Lipinski definition) is 2. The van der Waals surface area contributed by atoms with Crippen LogP contribution in [-0.2, 0) is 6.61 Å². The maximum Gasteiger partial charge on any atom is 0.134 e. The molecule has 0 aliphatic carbocycles. The van der Waals surface area contributed by atoms with E-state index in [0.717, 1.165) is 21.3 Å². The molecule has 3 aromatic carbocycles. The molecule has 0 saturated heterocycles. The van der Waals surface area contributed by atoms with Crippen LogP contribution in [0.2, 0.25) is 0 Å². The molecule has 26 heavy (non-hydrogen) atoms. The predicted molar refractivity (Wildman–Crippen MR) is 108 cm³/mol. The van der Waals surface area contributed by atoms with Crippen molar-refractivity contribution >= 4 is 27.8 Å². The van der Waals surface area contributed by atoms with Crippen molar-refractivity contribution < 1.29 is 9.13 Å². The highest BCUT2D eigenvalue weighted by Gasteiger charge is 2.05. The van der Waals surface area contributed by atoms with Crippen molar-refractivity contribution in [1.82, 2.24) is 0 Å². The van der Waals surface area contributed by atoms with Crippen molar-refractivity contribution in [1.29, 1.82) is 0 Å². The lowest BCUT2D eigenvalue weighted by Crippen LogP contribution is -1.99. The van der Waals surface area contributed by atoms with E-state index in [1.54, 1.807) is 18.2 Å². The molecule has 2 nitrogen and oxygen atoms in total. The Morgan fingerprint density at radius 1 is 1.04 bits per heavy atom. The summed E-state index contributed by atoms with van der Waals surface area (Å²) in [5, 5.41) is 0. The van der Waals surface area contributed by atoms with Crippen LogP contribution < -0.4 is 4.74 Å². The van der Waals surface area contributed by atoms with E-state index in [2.05, 4.69) is 46.0 Å². The Morgan fingerprint density at radius 2 is 1.85 bits per heavy atom. The molecule has 0 saturated carbocycles. The van der Waals surface area contributed by atoms with Gasteiger partial charge in [-0.15, -0.1) is 0 Å². The number of halogens is 2. The van der Waals surface area contributed by atoms with Gasteiger partial charge in [-0.25, -0.2) is 4.39 Å².